The second-order valence-electron chi connectivity index (χ2n) is 5.74. The molecule has 0 radical (unpaired) electrons. The monoisotopic (exact) mass is 318 g/mol. The number of benzene rings is 1. The fourth-order valence-corrected chi connectivity index (χ4v) is 2.25. The van der Waals surface area contributed by atoms with Crippen molar-refractivity contribution in [1.82, 2.24) is 20.8 Å². The lowest BCUT2D eigenvalue weighted by Gasteiger charge is -2.27. The molecule has 0 aliphatic carbocycles. The second-order valence-corrected chi connectivity index (χ2v) is 5.74. The van der Waals surface area contributed by atoms with E-state index in [1.807, 2.05) is 32.0 Å². The Balaban J connectivity index is 1.62. The molecule has 2 N–H and O–H groups in total. The van der Waals surface area contributed by atoms with E-state index in [1.165, 1.54) is 0 Å². The van der Waals surface area contributed by atoms with E-state index in [2.05, 4.69) is 20.8 Å². The average molecular weight is 318 g/mol. The number of nitrogens with zero attached hydrogens (tertiary/aromatic N) is 2. The molecule has 23 heavy (non-hydrogen) atoms. The summed E-state index contributed by atoms with van der Waals surface area (Å²) in [6.07, 6.45) is 0. The Hall–Kier alpha value is -2.77. The molecule has 0 unspecified atom stereocenters. The molecule has 2 aromatic rings. The number of nitrogens with one attached hydrogen (secondary N) is 2. The van der Waals surface area contributed by atoms with Gasteiger partial charge < -0.3 is 24.6 Å². The van der Waals surface area contributed by atoms with Gasteiger partial charge in [-0.15, -0.1) is 0 Å². The zero-order valence-electron chi connectivity index (χ0n) is 13.2. The van der Waals surface area contributed by atoms with Gasteiger partial charge in [-0.3, -0.25) is 0 Å². The van der Waals surface area contributed by atoms with E-state index in [1.54, 1.807) is 6.92 Å². The Morgan fingerprint density at radius 3 is 2.83 bits per heavy atom. The van der Waals surface area contributed by atoms with Crippen LogP contribution >= 0.6 is 0 Å². The van der Waals surface area contributed by atoms with E-state index < -0.39 is 5.54 Å². The van der Waals surface area contributed by atoms with Gasteiger partial charge in [0.05, 0.1) is 12.1 Å². The highest BCUT2D eigenvalue weighted by Gasteiger charge is 2.25. The SMILES string of the molecule is Cc1noc(CNC(=O)NC(C)(C)c2ccc3c(c2)OCO3)n1. The lowest BCUT2D eigenvalue weighted by Crippen LogP contribution is -2.46. The highest BCUT2D eigenvalue weighted by molar-refractivity contribution is 5.75. The van der Waals surface area contributed by atoms with E-state index in [9.17, 15) is 4.79 Å². The summed E-state index contributed by atoms with van der Waals surface area (Å²) in [5.41, 5.74) is 0.320. The number of hydrogen-bond acceptors (Lipinski definition) is 6. The van der Waals surface area contributed by atoms with Crippen LogP contribution in [0.15, 0.2) is 22.7 Å². The van der Waals surface area contributed by atoms with Gasteiger partial charge in [-0.2, -0.15) is 4.98 Å². The smallest absolute Gasteiger partial charge is 0.315 e. The molecule has 0 fully saturated rings. The molecule has 2 heterocycles. The number of carbonyl (C=O) groups is 1. The Morgan fingerprint density at radius 2 is 2.09 bits per heavy atom. The predicted octanol–water partition coefficient (Wildman–Crippen LogP) is 1.84. The van der Waals surface area contributed by atoms with Crippen molar-refractivity contribution in [2.24, 2.45) is 0 Å². The van der Waals surface area contributed by atoms with Crippen molar-refractivity contribution in [3.05, 3.63) is 35.5 Å². The lowest BCUT2D eigenvalue weighted by atomic mass is 9.94. The first-order valence-electron chi connectivity index (χ1n) is 7.19. The fraction of sp³-hybridized carbons (Fsp3) is 0.400. The van der Waals surface area contributed by atoms with E-state index in [4.69, 9.17) is 14.0 Å². The highest BCUT2D eigenvalue weighted by atomic mass is 16.7. The molecule has 1 aliphatic rings. The quantitative estimate of drug-likeness (QED) is 0.892. The van der Waals surface area contributed by atoms with Crippen LogP contribution < -0.4 is 20.1 Å². The number of urea groups is 1. The molecule has 2 amide bonds. The minimum atomic E-state index is -0.587. The summed E-state index contributed by atoms with van der Waals surface area (Å²) in [6.45, 7) is 5.92. The van der Waals surface area contributed by atoms with Crippen LogP contribution in [-0.4, -0.2) is 23.0 Å². The second kappa shape index (κ2) is 5.79. The van der Waals surface area contributed by atoms with Gasteiger partial charge in [-0.1, -0.05) is 11.2 Å². The van der Waals surface area contributed by atoms with Crippen LogP contribution in [0.5, 0.6) is 11.5 Å². The van der Waals surface area contributed by atoms with Crippen LogP contribution in [0.2, 0.25) is 0 Å². The number of hydrogen-bond donors (Lipinski definition) is 2. The normalized spacial score (nSPS) is 13.0. The largest absolute Gasteiger partial charge is 0.454 e. The van der Waals surface area contributed by atoms with Gasteiger partial charge in [0.2, 0.25) is 12.7 Å². The van der Waals surface area contributed by atoms with Crippen molar-refractivity contribution in [1.29, 1.82) is 0 Å². The van der Waals surface area contributed by atoms with E-state index in [0.717, 1.165) is 5.56 Å². The lowest BCUT2D eigenvalue weighted by molar-refractivity contribution is 0.174. The van der Waals surface area contributed by atoms with Crippen molar-refractivity contribution >= 4 is 6.03 Å². The van der Waals surface area contributed by atoms with E-state index in [-0.39, 0.29) is 19.4 Å². The van der Waals surface area contributed by atoms with E-state index in [0.29, 0.717) is 23.2 Å². The first-order chi connectivity index (χ1) is 10.9. The third-order valence-electron chi connectivity index (χ3n) is 3.49. The number of aryl methyl sites for hydroxylation is 1. The molecule has 122 valence electrons. The Kier molecular flexibility index (Phi) is 3.81. The van der Waals surface area contributed by atoms with Gasteiger partial charge in [-0.25, -0.2) is 4.79 Å². The summed E-state index contributed by atoms with van der Waals surface area (Å²) in [7, 11) is 0. The molecular formula is C15H18N4O4. The topological polar surface area (TPSA) is 98.5 Å². The van der Waals surface area contributed by atoms with Crippen molar-refractivity contribution in [2.75, 3.05) is 6.79 Å². The van der Waals surface area contributed by atoms with Crippen LogP contribution in [0.4, 0.5) is 4.79 Å². The third kappa shape index (κ3) is 3.36. The summed E-state index contributed by atoms with van der Waals surface area (Å²) in [5, 5.41) is 9.26. The fourth-order valence-electron chi connectivity index (χ4n) is 2.25. The van der Waals surface area contributed by atoms with Gasteiger partial charge in [0, 0.05) is 0 Å². The molecule has 1 aromatic carbocycles. The summed E-state index contributed by atoms with van der Waals surface area (Å²) < 4.78 is 15.6. The maximum atomic E-state index is 12.1. The molecule has 8 nitrogen and oxygen atoms in total. The predicted molar refractivity (Wildman–Crippen MR) is 80.0 cm³/mol. The van der Waals surface area contributed by atoms with Crippen molar-refractivity contribution in [3.63, 3.8) is 0 Å². The third-order valence-corrected chi connectivity index (χ3v) is 3.49. The molecule has 0 spiro atoms. The number of carbonyl (C=O) groups excluding carboxylic acids is 1. The summed E-state index contributed by atoms with van der Waals surface area (Å²) in [6, 6.07) is 5.27. The summed E-state index contributed by atoms with van der Waals surface area (Å²) >= 11 is 0. The van der Waals surface area contributed by atoms with Gasteiger partial charge in [0.1, 0.15) is 0 Å². The Bertz CT molecular complexity index is 726. The molecule has 0 saturated heterocycles. The molecule has 8 heteroatoms. The Labute approximate surface area is 133 Å². The minimum absolute atomic E-state index is 0.171. The first-order valence-corrected chi connectivity index (χ1v) is 7.19. The molecule has 0 bridgehead atoms. The number of ether oxygens (including phenoxy) is 2. The zero-order valence-corrected chi connectivity index (χ0v) is 13.2. The van der Waals surface area contributed by atoms with Gasteiger partial charge in [0.25, 0.3) is 0 Å². The minimum Gasteiger partial charge on any atom is -0.454 e. The first kappa shape index (κ1) is 15.1. The van der Waals surface area contributed by atoms with E-state index >= 15 is 0 Å². The van der Waals surface area contributed by atoms with Gasteiger partial charge in [0.15, 0.2) is 17.3 Å². The van der Waals surface area contributed by atoms with Crippen LogP contribution in [0.1, 0.15) is 31.1 Å². The maximum absolute atomic E-state index is 12.1. The number of rotatable bonds is 4. The van der Waals surface area contributed by atoms with Gasteiger partial charge >= 0.3 is 6.03 Å². The van der Waals surface area contributed by atoms with Crippen molar-refractivity contribution < 1.29 is 18.8 Å². The molecule has 1 aromatic heterocycles. The summed E-state index contributed by atoms with van der Waals surface area (Å²) in [4.78, 5) is 16.1. The number of aromatic nitrogens is 2. The molecule has 0 saturated carbocycles. The maximum Gasteiger partial charge on any atom is 0.315 e. The zero-order chi connectivity index (χ0) is 16.4. The van der Waals surface area contributed by atoms with Crippen LogP contribution in [-0.2, 0) is 12.1 Å². The van der Waals surface area contributed by atoms with Gasteiger partial charge in [-0.05, 0) is 38.5 Å². The molecule has 1 aliphatic heterocycles. The summed E-state index contributed by atoms with van der Waals surface area (Å²) in [5.74, 6) is 2.28. The number of amides is 2. The molecule has 3 rings (SSSR count). The number of fused-ring (bicyclic) bond motifs is 1. The Morgan fingerprint density at radius 1 is 1.30 bits per heavy atom. The van der Waals surface area contributed by atoms with Crippen molar-refractivity contribution in [3.8, 4) is 11.5 Å². The van der Waals surface area contributed by atoms with Crippen LogP contribution in [0.3, 0.4) is 0 Å². The molecule has 0 atom stereocenters. The van der Waals surface area contributed by atoms with Crippen molar-refractivity contribution in [2.45, 2.75) is 32.9 Å². The molecular weight excluding hydrogens is 300 g/mol. The van der Waals surface area contributed by atoms with Crippen LogP contribution in [0, 0.1) is 6.92 Å². The highest BCUT2D eigenvalue weighted by Crippen LogP contribution is 2.35. The standard InChI is InChI=1S/C15H18N4O4/c1-9-17-13(23-19-9)7-16-14(20)18-15(2,3)10-4-5-11-12(6-10)22-8-21-11/h4-6H,7-8H2,1-3H3,(H2,16,18,20). The van der Waals surface area contributed by atoms with Crippen LogP contribution in [0.25, 0.3) is 0 Å². The average Bonchev–Trinajstić information content (AvgIpc) is 3.12.